The number of aromatic hydroxyl groups is 1. The number of carbonyl (C=O) groups excluding carboxylic acids is 1. The van der Waals surface area contributed by atoms with E-state index < -0.39 is 0 Å². The van der Waals surface area contributed by atoms with Gasteiger partial charge in [-0.05, 0) is 67.5 Å². The second-order valence-corrected chi connectivity index (χ2v) is 6.50. The maximum absolute atomic E-state index is 12.3. The first-order valence-electron chi connectivity index (χ1n) is 7.95. The molecule has 120 valence electrons. The van der Waals surface area contributed by atoms with Crippen molar-refractivity contribution in [3.63, 3.8) is 0 Å². The lowest BCUT2D eigenvalue weighted by atomic mass is 9.89. The van der Waals surface area contributed by atoms with Crippen LogP contribution in [0.5, 0.6) is 5.75 Å². The van der Waals surface area contributed by atoms with Gasteiger partial charge in [0, 0.05) is 5.56 Å². The van der Waals surface area contributed by atoms with Crippen LogP contribution in [0.25, 0.3) is 0 Å². The summed E-state index contributed by atoms with van der Waals surface area (Å²) >= 11 is 5.86. The topological polar surface area (TPSA) is 49.3 Å². The zero-order chi connectivity index (χ0) is 16.4. The molecule has 1 aliphatic rings. The van der Waals surface area contributed by atoms with Gasteiger partial charge in [-0.2, -0.15) is 0 Å². The summed E-state index contributed by atoms with van der Waals surface area (Å²) in [4.78, 5) is 12.3. The third-order valence-electron chi connectivity index (χ3n) is 4.43. The maximum atomic E-state index is 12.3. The first-order valence-corrected chi connectivity index (χ1v) is 8.33. The number of phenolic OH excluding ortho intramolecular Hbond substituents is 1. The molecule has 4 heteroatoms. The Kier molecular flexibility index (Phi) is 4.58. The van der Waals surface area contributed by atoms with E-state index in [-0.39, 0.29) is 22.7 Å². The summed E-state index contributed by atoms with van der Waals surface area (Å²) in [5.74, 6) is -0.219. The molecule has 0 saturated heterocycles. The molecule has 0 saturated carbocycles. The Balaban J connectivity index is 1.74. The molecular formula is C19H20ClNO2. The normalized spacial score (nSPS) is 14.9. The van der Waals surface area contributed by atoms with E-state index in [1.807, 2.05) is 6.92 Å². The van der Waals surface area contributed by atoms with Crippen molar-refractivity contribution in [3.8, 4) is 5.75 Å². The molecular weight excluding hydrogens is 310 g/mol. The van der Waals surface area contributed by atoms with Crippen molar-refractivity contribution in [3.05, 3.63) is 63.7 Å². The van der Waals surface area contributed by atoms with Crippen molar-refractivity contribution in [2.45, 2.75) is 38.6 Å². The van der Waals surface area contributed by atoms with E-state index in [1.54, 1.807) is 6.07 Å². The van der Waals surface area contributed by atoms with Crippen LogP contribution in [0, 0.1) is 0 Å². The highest BCUT2D eigenvalue weighted by atomic mass is 35.5. The Morgan fingerprint density at radius 1 is 1.13 bits per heavy atom. The lowest BCUT2D eigenvalue weighted by molar-refractivity contribution is 0.0940. The second-order valence-electron chi connectivity index (χ2n) is 6.10. The molecule has 1 atom stereocenters. The minimum absolute atomic E-state index is 0.0223. The van der Waals surface area contributed by atoms with Gasteiger partial charge in [0.05, 0.1) is 11.1 Å². The zero-order valence-electron chi connectivity index (χ0n) is 13.1. The molecule has 0 aromatic heterocycles. The number of amides is 1. The number of rotatable bonds is 3. The summed E-state index contributed by atoms with van der Waals surface area (Å²) in [5, 5.41) is 12.6. The fraction of sp³-hybridized carbons (Fsp3) is 0.316. The number of nitrogens with one attached hydrogen (secondary N) is 1. The molecule has 2 aromatic rings. The Hall–Kier alpha value is -2.00. The first-order chi connectivity index (χ1) is 11.0. The SMILES string of the molecule is C[C@H](NC(=O)c1ccc(O)c(Cl)c1)c1ccc2c(c1)CCCC2. The first kappa shape index (κ1) is 15.9. The van der Waals surface area contributed by atoms with E-state index in [0.717, 1.165) is 18.4 Å². The lowest BCUT2D eigenvalue weighted by Gasteiger charge is -2.20. The third kappa shape index (κ3) is 3.50. The largest absolute Gasteiger partial charge is 0.506 e. The number of hydrogen-bond donors (Lipinski definition) is 2. The molecule has 3 nitrogen and oxygen atoms in total. The van der Waals surface area contributed by atoms with Crippen LogP contribution in [0.1, 0.15) is 52.9 Å². The van der Waals surface area contributed by atoms with Gasteiger partial charge in [-0.25, -0.2) is 0 Å². The third-order valence-corrected chi connectivity index (χ3v) is 4.73. The van der Waals surface area contributed by atoms with Crippen LogP contribution in [-0.2, 0) is 12.8 Å². The number of phenols is 1. The van der Waals surface area contributed by atoms with E-state index in [2.05, 4.69) is 23.5 Å². The Bertz CT molecular complexity index is 742. The van der Waals surface area contributed by atoms with Crippen LogP contribution in [0.4, 0.5) is 0 Å². The van der Waals surface area contributed by atoms with Gasteiger partial charge in [0.25, 0.3) is 5.91 Å². The molecule has 2 aromatic carbocycles. The summed E-state index contributed by atoms with van der Waals surface area (Å²) in [6.45, 7) is 1.98. The van der Waals surface area contributed by atoms with E-state index in [1.165, 1.54) is 36.1 Å². The average Bonchev–Trinajstić information content (AvgIpc) is 2.56. The molecule has 3 rings (SSSR count). The summed E-state index contributed by atoms with van der Waals surface area (Å²) in [7, 11) is 0. The molecule has 0 aliphatic heterocycles. The van der Waals surface area contributed by atoms with Gasteiger partial charge >= 0.3 is 0 Å². The summed E-state index contributed by atoms with van der Waals surface area (Å²) < 4.78 is 0. The highest BCUT2D eigenvalue weighted by Crippen LogP contribution is 2.26. The van der Waals surface area contributed by atoms with Crippen molar-refractivity contribution in [2.75, 3.05) is 0 Å². The molecule has 0 radical (unpaired) electrons. The fourth-order valence-corrected chi connectivity index (χ4v) is 3.21. The van der Waals surface area contributed by atoms with E-state index in [4.69, 9.17) is 11.6 Å². The minimum atomic E-state index is -0.197. The lowest BCUT2D eigenvalue weighted by Crippen LogP contribution is -2.26. The van der Waals surface area contributed by atoms with Crippen molar-refractivity contribution in [2.24, 2.45) is 0 Å². The molecule has 0 unspecified atom stereocenters. The Morgan fingerprint density at radius 2 is 1.87 bits per heavy atom. The second kappa shape index (κ2) is 6.63. The number of hydrogen-bond acceptors (Lipinski definition) is 2. The van der Waals surface area contributed by atoms with Crippen molar-refractivity contribution < 1.29 is 9.90 Å². The maximum Gasteiger partial charge on any atom is 0.251 e. The van der Waals surface area contributed by atoms with Gasteiger partial charge in [-0.3, -0.25) is 4.79 Å². The summed E-state index contributed by atoms with van der Waals surface area (Å²) in [5.41, 5.74) is 4.40. The molecule has 1 amide bonds. The highest BCUT2D eigenvalue weighted by molar-refractivity contribution is 6.32. The van der Waals surface area contributed by atoms with Crippen LogP contribution in [0.15, 0.2) is 36.4 Å². The number of halogens is 1. The van der Waals surface area contributed by atoms with Crippen LogP contribution >= 0.6 is 11.6 Å². The predicted octanol–water partition coefficient (Wildman–Crippen LogP) is 4.42. The van der Waals surface area contributed by atoms with Gasteiger partial charge in [-0.15, -0.1) is 0 Å². The fourth-order valence-electron chi connectivity index (χ4n) is 3.03. The van der Waals surface area contributed by atoms with Gasteiger partial charge < -0.3 is 10.4 Å². The van der Waals surface area contributed by atoms with Crippen LogP contribution in [0.2, 0.25) is 5.02 Å². The minimum Gasteiger partial charge on any atom is -0.506 e. The summed E-state index contributed by atoms with van der Waals surface area (Å²) in [6.07, 6.45) is 4.78. The standard InChI is InChI=1S/C19H20ClNO2/c1-12(14-7-6-13-4-2-3-5-15(13)10-14)21-19(23)16-8-9-18(22)17(20)11-16/h6-12,22H,2-5H2,1H3,(H,21,23)/t12-/m0/s1. The molecule has 1 aliphatic carbocycles. The van der Waals surface area contributed by atoms with Crippen molar-refractivity contribution in [1.82, 2.24) is 5.32 Å². The zero-order valence-corrected chi connectivity index (χ0v) is 13.9. The van der Waals surface area contributed by atoms with Gasteiger partial charge in [0.1, 0.15) is 5.75 Å². The monoisotopic (exact) mass is 329 g/mol. The predicted molar refractivity (Wildman–Crippen MR) is 92.1 cm³/mol. The van der Waals surface area contributed by atoms with E-state index in [0.29, 0.717) is 5.56 Å². The molecule has 2 N–H and O–H groups in total. The Morgan fingerprint density at radius 3 is 2.61 bits per heavy atom. The van der Waals surface area contributed by atoms with Crippen LogP contribution < -0.4 is 5.32 Å². The quantitative estimate of drug-likeness (QED) is 0.876. The van der Waals surface area contributed by atoms with Crippen LogP contribution in [-0.4, -0.2) is 11.0 Å². The average molecular weight is 330 g/mol. The van der Waals surface area contributed by atoms with Gasteiger partial charge in [0.15, 0.2) is 0 Å². The molecule has 0 bridgehead atoms. The number of benzene rings is 2. The number of carbonyl (C=O) groups is 1. The van der Waals surface area contributed by atoms with E-state index in [9.17, 15) is 9.90 Å². The highest BCUT2D eigenvalue weighted by Gasteiger charge is 2.15. The van der Waals surface area contributed by atoms with Crippen molar-refractivity contribution >= 4 is 17.5 Å². The van der Waals surface area contributed by atoms with Gasteiger partial charge in [-0.1, -0.05) is 29.8 Å². The molecule has 0 spiro atoms. The number of aryl methyl sites for hydroxylation is 2. The molecule has 23 heavy (non-hydrogen) atoms. The number of fused-ring (bicyclic) bond motifs is 1. The molecule has 0 heterocycles. The molecule has 0 fully saturated rings. The van der Waals surface area contributed by atoms with Gasteiger partial charge in [0.2, 0.25) is 0 Å². The van der Waals surface area contributed by atoms with E-state index >= 15 is 0 Å². The Labute approximate surface area is 141 Å². The smallest absolute Gasteiger partial charge is 0.251 e. The van der Waals surface area contributed by atoms with Crippen molar-refractivity contribution in [1.29, 1.82) is 0 Å². The summed E-state index contributed by atoms with van der Waals surface area (Å²) in [6, 6.07) is 10.9. The van der Waals surface area contributed by atoms with Crippen LogP contribution in [0.3, 0.4) is 0 Å².